The molecule has 4 atom stereocenters. The highest BCUT2D eigenvalue weighted by molar-refractivity contribution is 6.22. The SMILES string of the molecule is C[C@@H]1CC[C@@H]2C(=O)N(c3ccc(O[C@H](C)C(=O)c4ccccc4)cc3)C(=O)[C@@H]2C1. The molecule has 1 saturated carbocycles. The normalized spacial score (nSPS) is 24.9. The predicted octanol–water partition coefficient (Wildman–Crippen LogP) is 4.26. The van der Waals surface area contributed by atoms with Gasteiger partial charge in [0.05, 0.1) is 17.5 Å². The minimum atomic E-state index is -0.636. The molecule has 0 unspecified atom stereocenters. The number of amides is 2. The number of fused-ring (bicyclic) bond motifs is 1. The van der Waals surface area contributed by atoms with Crippen LogP contribution in [0.2, 0.25) is 0 Å². The van der Waals surface area contributed by atoms with Crippen LogP contribution in [0.5, 0.6) is 5.75 Å². The number of hydrogen-bond donors (Lipinski definition) is 0. The second kappa shape index (κ2) is 7.82. The van der Waals surface area contributed by atoms with Gasteiger partial charge in [-0.1, -0.05) is 37.3 Å². The third-order valence-electron chi connectivity index (χ3n) is 6.02. The summed E-state index contributed by atoms with van der Waals surface area (Å²) in [5.74, 6) is 0.352. The first kappa shape index (κ1) is 19.4. The lowest BCUT2D eigenvalue weighted by Crippen LogP contribution is -2.30. The number of imide groups is 1. The molecular formula is C24H25NO4. The third kappa shape index (κ3) is 3.69. The maximum absolute atomic E-state index is 12.8. The lowest BCUT2D eigenvalue weighted by Gasteiger charge is -2.25. The number of hydrogen-bond acceptors (Lipinski definition) is 4. The Morgan fingerprint density at radius 1 is 0.966 bits per heavy atom. The molecular weight excluding hydrogens is 366 g/mol. The number of carbonyl (C=O) groups is 3. The van der Waals surface area contributed by atoms with Gasteiger partial charge in [0.2, 0.25) is 17.6 Å². The first-order chi connectivity index (χ1) is 14.0. The zero-order valence-corrected chi connectivity index (χ0v) is 16.7. The topological polar surface area (TPSA) is 63.7 Å². The van der Waals surface area contributed by atoms with E-state index in [1.54, 1.807) is 43.3 Å². The summed E-state index contributed by atoms with van der Waals surface area (Å²) in [6, 6.07) is 15.8. The molecule has 5 nitrogen and oxygen atoms in total. The molecule has 2 amide bonds. The summed E-state index contributed by atoms with van der Waals surface area (Å²) in [5.41, 5.74) is 1.16. The molecule has 0 bridgehead atoms. The van der Waals surface area contributed by atoms with E-state index in [-0.39, 0.29) is 29.4 Å². The van der Waals surface area contributed by atoms with Crippen LogP contribution in [0.15, 0.2) is 54.6 Å². The van der Waals surface area contributed by atoms with Crippen molar-refractivity contribution in [2.24, 2.45) is 17.8 Å². The molecule has 150 valence electrons. The highest BCUT2D eigenvalue weighted by Crippen LogP contribution is 2.42. The van der Waals surface area contributed by atoms with E-state index in [2.05, 4.69) is 6.92 Å². The molecule has 2 aromatic carbocycles. The van der Waals surface area contributed by atoms with Gasteiger partial charge in [0.25, 0.3) is 0 Å². The number of ether oxygens (including phenoxy) is 1. The standard InChI is InChI=1S/C24H25NO4/c1-15-8-13-20-21(14-15)24(28)25(23(20)27)18-9-11-19(12-10-18)29-16(2)22(26)17-6-4-3-5-7-17/h3-7,9-12,15-16,20-21H,8,13-14H2,1-2H3/t15-,16-,20+,21-/m1/s1. The average molecular weight is 391 g/mol. The minimum Gasteiger partial charge on any atom is -0.483 e. The van der Waals surface area contributed by atoms with Crippen LogP contribution in [0.4, 0.5) is 5.69 Å². The van der Waals surface area contributed by atoms with Gasteiger partial charge in [-0.15, -0.1) is 0 Å². The second-order valence-corrected chi connectivity index (χ2v) is 8.13. The molecule has 0 aromatic heterocycles. The summed E-state index contributed by atoms with van der Waals surface area (Å²) < 4.78 is 5.77. The van der Waals surface area contributed by atoms with Gasteiger partial charge in [-0.25, -0.2) is 0 Å². The summed E-state index contributed by atoms with van der Waals surface area (Å²) in [7, 11) is 0. The molecule has 29 heavy (non-hydrogen) atoms. The van der Waals surface area contributed by atoms with Gasteiger partial charge >= 0.3 is 0 Å². The Labute approximate surface area is 170 Å². The molecule has 1 saturated heterocycles. The van der Waals surface area contributed by atoms with Gasteiger partial charge in [0.15, 0.2) is 6.10 Å². The van der Waals surface area contributed by atoms with Gasteiger partial charge in [0.1, 0.15) is 5.75 Å². The summed E-state index contributed by atoms with van der Waals surface area (Å²) in [4.78, 5) is 39.4. The molecule has 1 aliphatic carbocycles. The first-order valence-corrected chi connectivity index (χ1v) is 10.2. The van der Waals surface area contributed by atoms with Crippen LogP contribution in [0.1, 0.15) is 43.5 Å². The quantitative estimate of drug-likeness (QED) is 0.564. The second-order valence-electron chi connectivity index (χ2n) is 8.13. The number of carbonyl (C=O) groups excluding carboxylic acids is 3. The van der Waals surface area contributed by atoms with Crippen LogP contribution < -0.4 is 9.64 Å². The summed E-state index contributed by atoms with van der Waals surface area (Å²) >= 11 is 0. The molecule has 4 rings (SSSR count). The van der Waals surface area contributed by atoms with Crippen molar-refractivity contribution in [3.05, 3.63) is 60.2 Å². The Balaban J connectivity index is 1.46. The van der Waals surface area contributed by atoms with E-state index in [0.29, 0.717) is 22.9 Å². The summed E-state index contributed by atoms with van der Waals surface area (Å²) in [6.45, 7) is 3.85. The molecule has 5 heteroatoms. The fourth-order valence-corrected chi connectivity index (χ4v) is 4.41. The fourth-order valence-electron chi connectivity index (χ4n) is 4.41. The minimum absolute atomic E-state index is 0.0896. The Bertz CT molecular complexity index is 922. The van der Waals surface area contributed by atoms with Gasteiger partial charge in [-0.2, -0.15) is 0 Å². The Kier molecular flexibility index (Phi) is 5.22. The number of benzene rings is 2. The molecule has 0 spiro atoms. The fraction of sp³-hybridized carbons (Fsp3) is 0.375. The van der Waals surface area contributed by atoms with E-state index < -0.39 is 6.10 Å². The van der Waals surface area contributed by atoms with Gasteiger partial charge in [-0.3, -0.25) is 19.3 Å². The van der Waals surface area contributed by atoms with E-state index in [0.717, 1.165) is 19.3 Å². The molecule has 2 fully saturated rings. The number of anilines is 1. The van der Waals surface area contributed by atoms with E-state index >= 15 is 0 Å². The van der Waals surface area contributed by atoms with Crippen LogP contribution in [-0.4, -0.2) is 23.7 Å². The number of Topliss-reactive ketones (excluding diaryl/α,β-unsaturated/α-hetero) is 1. The van der Waals surface area contributed by atoms with Gasteiger partial charge in [0, 0.05) is 5.56 Å². The van der Waals surface area contributed by atoms with E-state index in [1.165, 1.54) is 4.90 Å². The van der Waals surface area contributed by atoms with Crippen molar-refractivity contribution in [1.82, 2.24) is 0 Å². The van der Waals surface area contributed by atoms with Crippen LogP contribution >= 0.6 is 0 Å². The molecule has 0 radical (unpaired) electrons. The summed E-state index contributed by atoms with van der Waals surface area (Å²) in [5, 5.41) is 0. The first-order valence-electron chi connectivity index (χ1n) is 10.2. The zero-order chi connectivity index (χ0) is 20.5. The van der Waals surface area contributed by atoms with Gasteiger partial charge in [-0.05, 0) is 56.4 Å². The lowest BCUT2D eigenvalue weighted by molar-refractivity contribution is -0.122. The molecule has 1 aliphatic heterocycles. The van der Waals surface area contributed by atoms with Crippen molar-refractivity contribution in [1.29, 1.82) is 0 Å². The third-order valence-corrected chi connectivity index (χ3v) is 6.02. The molecule has 2 aliphatic rings. The van der Waals surface area contributed by atoms with Crippen molar-refractivity contribution >= 4 is 23.3 Å². The molecule has 2 aromatic rings. The number of ketones is 1. The van der Waals surface area contributed by atoms with Crippen LogP contribution in [0.25, 0.3) is 0 Å². The molecule has 0 N–H and O–H groups in total. The van der Waals surface area contributed by atoms with Crippen LogP contribution in [-0.2, 0) is 9.59 Å². The van der Waals surface area contributed by atoms with Crippen molar-refractivity contribution in [2.75, 3.05) is 4.90 Å². The monoisotopic (exact) mass is 391 g/mol. The Hall–Kier alpha value is -2.95. The zero-order valence-electron chi connectivity index (χ0n) is 16.7. The Morgan fingerprint density at radius 3 is 2.31 bits per heavy atom. The number of rotatable bonds is 5. The highest BCUT2D eigenvalue weighted by atomic mass is 16.5. The maximum atomic E-state index is 12.8. The molecule has 1 heterocycles. The smallest absolute Gasteiger partial charge is 0.237 e. The van der Waals surface area contributed by atoms with E-state index in [9.17, 15) is 14.4 Å². The average Bonchev–Trinajstić information content (AvgIpc) is 2.98. The number of nitrogens with zero attached hydrogens (tertiary/aromatic N) is 1. The van der Waals surface area contributed by atoms with Crippen molar-refractivity contribution < 1.29 is 19.1 Å². The highest BCUT2D eigenvalue weighted by Gasteiger charge is 2.49. The van der Waals surface area contributed by atoms with Gasteiger partial charge < -0.3 is 4.74 Å². The summed E-state index contributed by atoms with van der Waals surface area (Å²) in [6.07, 6.45) is 1.93. The Morgan fingerprint density at radius 2 is 1.62 bits per heavy atom. The van der Waals surface area contributed by atoms with Crippen molar-refractivity contribution in [3.8, 4) is 5.75 Å². The van der Waals surface area contributed by atoms with Crippen molar-refractivity contribution in [3.63, 3.8) is 0 Å². The van der Waals surface area contributed by atoms with Crippen LogP contribution in [0, 0.1) is 17.8 Å². The van der Waals surface area contributed by atoms with E-state index in [1.807, 2.05) is 18.2 Å². The van der Waals surface area contributed by atoms with Crippen molar-refractivity contribution in [2.45, 2.75) is 39.2 Å². The lowest BCUT2D eigenvalue weighted by atomic mass is 9.76. The van der Waals surface area contributed by atoms with Crippen LogP contribution in [0.3, 0.4) is 0 Å². The maximum Gasteiger partial charge on any atom is 0.237 e. The largest absolute Gasteiger partial charge is 0.483 e. The van der Waals surface area contributed by atoms with E-state index in [4.69, 9.17) is 4.74 Å². The predicted molar refractivity (Wildman–Crippen MR) is 110 cm³/mol.